The molecule has 0 N–H and O–H groups in total. The number of amides is 1. The van der Waals surface area contributed by atoms with Crippen LogP contribution in [0.15, 0.2) is 24.5 Å². The molecule has 5 aromatic rings. The summed E-state index contributed by atoms with van der Waals surface area (Å²) in [5.74, 6) is 0.0384. The van der Waals surface area contributed by atoms with Gasteiger partial charge in [0.2, 0.25) is 0 Å². The third-order valence-corrected chi connectivity index (χ3v) is 14.3. The lowest BCUT2D eigenvalue weighted by atomic mass is 9.95. The second-order valence-electron chi connectivity index (χ2n) is 17.8. The highest BCUT2D eigenvalue weighted by Gasteiger charge is 2.45. The Morgan fingerprint density at radius 3 is 2.56 bits per heavy atom. The molecule has 9 rings (SSSR count). The van der Waals surface area contributed by atoms with Gasteiger partial charge in [-0.15, -0.1) is 0 Å². The van der Waals surface area contributed by atoms with E-state index in [1.165, 1.54) is 4.90 Å². The molecule has 3 aliphatic heterocycles. The van der Waals surface area contributed by atoms with Gasteiger partial charge in [0, 0.05) is 64.0 Å². The van der Waals surface area contributed by atoms with Crippen molar-refractivity contribution in [1.82, 2.24) is 44.3 Å². The third kappa shape index (κ3) is 7.29. The van der Waals surface area contributed by atoms with Gasteiger partial charge in [0.15, 0.2) is 11.5 Å². The highest BCUT2D eigenvalue weighted by atomic mass is 35.5. The van der Waals surface area contributed by atoms with Crippen molar-refractivity contribution in [3.8, 4) is 17.3 Å². The van der Waals surface area contributed by atoms with Crippen LogP contribution in [0.3, 0.4) is 0 Å². The predicted molar refractivity (Wildman–Crippen MR) is 221 cm³/mol. The van der Waals surface area contributed by atoms with Gasteiger partial charge in [-0.2, -0.15) is 20.2 Å². The van der Waals surface area contributed by atoms with Crippen molar-refractivity contribution in [2.75, 3.05) is 51.8 Å². The number of aromatic nitrogens is 7. The molecule has 3 fully saturated rings. The summed E-state index contributed by atoms with van der Waals surface area (Å²) in [5.41, 5.74) is 3.86. The van der Waals surface area contributed by atoms with Gasteiger partial charge in [0.05, 0.1) is 34.9 Å². The average Bonchev–Trinajstić information content (AvgIpc) is 3.46. The lowest BCUT2D eigenvalue weighted by molar-refractivity contribution is 0.0816. The molecule has 1 aliphatic carbocycles. The number of rotatable bonds is 12. The second kappa shape index (κ2) is 14.9. The molecule has 4 aliphatic rings. The summed E-state index contributed by atoms with van der Waals surface area (Å²) in [6.07, 6.45) is 10.6. The number of carbonyl (C=O) groups excluding carboxylic acids is 1. The van der Waals surface area contributed by atoms with Crippen molar-refractivity contribution >= 4 is 53.2 Å². The van der Waals surface area contributed by atoms with E-state index in [0.717, 1.165) is 86.2 Å². The number of pyridine rings is 1. The van der Waals surface area contributed by atoms with Crippen molar-refractivity contribution in [3.05, 3.63) is 52.3 Å². The molecule has 302 valence electrons. The fraction of sp³-hybridized carbons (Fsp3) is 0.561. The molecule has 13 nitrogen and oxygen atoms in total. The Labute approximate surface area is 338 Å². The summed E-state index contributed by atoms with van der Waals surface area (Å²) in [4.78, 5) is 33.8. The van der Waals surface area contributed by atoms with Crippen molar-refractivity contribution in [1.29, 1.82) is 0 Å². The zero-order valence-corrected chi connectivity index (χ0v) is 35.4. The third-order valence-electron chi connectivity index (χ3n) is 12.2. The first-order valence-electron chi connectivity index (χ1n) is 20.4. The van der Waals surface area contributed by atoms with Gasteiger partial charge in [-0.1, -0.05) is 31.2 Å². The summed E-state index contributed by atoms with van der Waals surface area (Å²) >= 11 is 7.09. The maximum Gasteiger partial charge on any atom is 0.319 e. The molecule has 57 heavy (non-hydrogen) atoms. The fourth-order valence-electron chi connectivity index (χ4n) is 9.00. The standard InChI is InChI=1S/C41H52ClFN10O3Si/c1-49(2)39(54)31-19-27-23-50(13-8-16-52(27)48-31)38-29-21-44-37(35(43)36(29)46-40(47-38)56-24-41-11-6-14-51(41)15-7-12-41)34-28-22-45-53(25-55-17-18-57(3,4)5)32(28)20-30(42)33(34)26-9-10-26/h19-22,26H,6-18,23-25H2,1-5H3. The monoisotopic (exact) mass is 814 g/mol. The topological polar surface area (TPSA) is 120 Å². The number of carbonyl (C=O) groups is 1. The number of ether oxygens (including phenoxy) is 2. The number of anilines is 1. The Hall–Kier alpha value is -4.18. The summed E-state index contributed by atoms with van der Waals surface area (Å²) in [6, 6.07) is 4.96. The normalized spacial score (nSPS) is 18.3. The van der Waals surface area contributed by atoms with Gasteiger partial charge in [-0.05, 0) is 87.7 Å². The van der Waals surface area contributed by atoms with E-state index in [-0.39, 0.29) is 41.3 Å². The van der Waals surface area contributed by atoms with Gasteiger partial charge in [-0.3, -0.25) is 19.4 Å². The molecule has 0 bridgehead atoms. The van der Waals surface area contributed by atoms with Crippen LogP contribution in [0.25, 0.3) is 33.1 Å². The van der Waals surface area contributed by atoms with Crippen LogP contribution in [0.4, 0.5) is 10.2 Å². The van der Waals surface area contributed by atoms with E-state index in [2.05, 4.69) is 34.5 Å². The van der Waals surface area contributed by atoms with E-state index in [1.54, 1.807) is 31.2 Å². The minimum atomic E-state index is -1.27. The molecule has 0 atom stereocenters. The number of fused-ring (bicyclic) bond motifs is 4. The summed E-state index contributed by atoms with van der Waals surface area (Å²) < 4.78 is 33.9. The first-order chi connectivity index (χ1) is 27.4. The van der Waals surface area contributed by atoms with Crippen LogP contribution >= 0.6 is 11.6 Å². The minimum Gasteiger partial charge on any atom is -0.461 e. The van der Waals surface area contributed by atoms with Gasteiger partial charge in [0.25, 0.3) is 5.91 Å². The Bertz CT molecular complexity index is 2340. The quantitative estimate of drug-likeness (QED) is 0.0936. The summed E-state index contributed by atoms with van der Waals surface area (Å²) in [7, 11) is 2.17. The first kappa shape index (κ1) is 38.3. The Morgan fingerprint density at radius 2 is 1.82 bits per heavy atom. The van der Waals surface area contributed by atoms with Crippen LogP contribution in [0, 0.1) is 5.82 Å². The molecule has 1 saturated carbocycles. The van der Waals surface area contributed by atoms with Crippen molar-refractivity contribution in [2.45, 2.75) is 102 Å². The summed E-state index contributed by atoms with van der Waals surface area (Å²) in [6.45, 7) is 12.2. The Kier molecular flexibility index (Phi) is 10.0. The molecule has 7 heterocycles. The van der Waals surface area contributed by atoms with Gasteiger partial charge < -0.3 is 19.3 Å². The molecule has 1 aromatic carbocycles. The maximum absolute atomic E-state index is 17.6. The molecule has 1 amide bonds. The van der Waals surface area contributed by atoms with Gasteiger partial charge in [-0.25, -0.2) is 9.07 Å². The van der Waals surface area contributed by atoms with E-state index >= 15 is 4.39 Å². The smallest absolute Gasteiger partial charge is 0.319 e. The van der Waals surface area contributed by atoms with E-state index in [4.69, 9.17) is 41.1 Å². The molecule has 0 spiro atoms. The SMILES string of the molecule is CN(C)C(=O)c1cc2n(n1)CCCN(c1nc(OCC34CCCN3CCC4)nc3c(F)c(-c4c(C5CC5)c(Cl)cc5c4cnn5COCC[Si](C)(C)C)ncc13)C2. The zero-order chi connectivity index (χ0) is 39.6. The largest absolute Gasteiger partial charge is 0.461 e. The molecule has 0 unspecified atom stereocenters. The minimum absolute atomic E-state index is 0.0466. The Balaban J connectivity index is 1.14. The number of aryl methyl sites for hydroxylation is 1. The van der Waals surface area contributed by atoms with Crippen LogP contribution in [0.5, 0.6) is 6.01 Å². The lowest BCUT2D eigenvalue weighted by Gasteiger charge is -2.31. The van der Waals surface area contributed by atoms with E-state index in [9.17, 15) is 4.79 Å². The van der Waals surface area contributed by atoms with Gasteiger partial charge >= 0.3 is 6.01 Å². The summed E-state index contributed by atoms with van der Waals surface area (Å²) in [5, 5.41) is 11.2. The Morgan fingerprint density at radius 1 is 1.04 bits per heavy atom. The van der Waals surface area contributed by atoms with Crippen molar-refractivity contribution in [3.63, 3.8) is 0 Å². The molecular weight excluding hydrogens is 763 g/mol. The van der Waals surface area contributed by atoms with E-state index in [0.29, 0.717) is 60.3 Å². The van der Waals surface area contributed by atoms with E-state index in [1.807, 2.05) is 16.8 Å². The molecule has 4 aromatic heterocycles. The van der Waals surface area contributed by atoms with Gasteiger partial charge in [0.1, 0.15) is 30.4 Å². The van der Waals surface area contributed by atoms with Crippen molar-refractivity contribution in [2.24, 2.45) is 0 Å². The first-order valence-corrected chi connectivity index (χ1v) is 24.5. The van der Waals surface area contributed by atoms with Crippen LogP contribution < -0.4 is 9.64 Å². The highest BCUT2D eigenvalue weighted by Crippen LogP contribution is 2.51. The number of benzene rings is 1. The van der Waals surface area contributed by atoms with Crippen LogP contribution in [0.1, 0.15) is 72.6 Å². The second-order valence-corrected chi connectivity index (χ2v) is 23.8. The molecular formula is C41H52ClFN10O3Si. The van der Waals surface area contributed by atoms with Crippen LogP contribution in [-0.4, -0.2) is 111 Å². The number of halogens is 2. The molecule has 0 radical (unpaired) electrons. The highest BCUT2D eigenvalue weighted by molar-refractivity contribution is 6.76. The molecule has 16 heteroatoms. The zero-order valence-electron chi connectivity index (χ0n) is 33.7. The average molecular weight is 815 g/mol. The van der Waals surface area contributed by atoms with Crippen molar-refractivity contribution < 1.29 is 18.7 Å². The molecule has 2 saturated heterocycles. The maximum atomic E-state index is 17.6. The number of hydrogen-bond donors (Lipinski definition) is 0. The van der Waals surface area contributed by atoms with Crippen LogP contribution in [0.2, 0.25) is 30.7 Å². The number of nitrogens with zero attached hydrogens (tertiary/aromatic N) is 10. The lowest BCUT2D eigenvalue weighted by Crippen LogP contribution is -2.43. The predicted octanol–water partition coefficient (Wildman–Crippen LogP) is 7.34. The number of hydrogen-bond acceptors (Lipinski definition) is 10. The van der Waals surface area contributed by atoms with E-state index < -0.39 is 13.9 Å². The van der Waals surface area contributed by atoms with Crippen LogP contribution in [-0.2, 0) is 24.6 Å². The fourth-order valence-corrected chi connectivity index (χ4v) is 10.1.